The smallest absolute Gasteiger partial charge is 0.252 e. The van der Waals surface area contributed by atoms with E-state index in [0.29, 0.717) is 43.9 Å². The normalized spacial score (nSPS) is 22.7. The van der Waals surface area contributed by atoms with Gasteiger partial charge >= 0.3 is 0 Å². The van der Waals surface area contributed by atoms with E-state index in [4.69, 9.17) is 19.6 Å². The van der Waals surface area contributed by atoms with Crippen LogP contribution in [0.2, 0.25) is 0 Å². The first-order valence-electron chi connectivity index (χ1n) is 15.8. The molecule has 3 N–H and O–H groups in total. The van der Waals surface area contributed by atoms with Crippen LogP contribution in [0.1, 0.15) is 54.9 Å². The molecular weight excluding hydrogens is 564 g/mol. The maximum atomic E-state index is 14.6. The van der Waals surface area contributed by atoms with Gasteiger partial charge in [-0.1, -0.05) is 84.9 Å². The molecule has 0 aromatic heterocycles. The first-order chi connectivity index (χ1) is 22.0. The minimum atomic E-state index is -1.27. The molecule has 0 unspecified atom stereocenters. The Balaban J connectivity index is 1.38. The highest BCUT2D eigenvalue weighted by Crippen LogP contribution is 2.43. The number of benzene rings is 4. The molecule has 0 spiro atoms. The van der Waals surface area contributed by atoms with E-state index in [1.807, 2.05) is 84.9 Å². The summed E-state index contributed by atoms with van der Waals surface area (Å²) in [5, 5.41) is 22.5. The van der Waals surface area contributed by atoms with E-state index in [9.17, 15) is 9.90 Å². The Kier molecular flexibility index (Phi) is 9.58. The molecule has 1 amide bonds. The summed E-state index contributed by atoms with van der Waals surface area (Å²) >= 11 is 0. The van der Waals surface area contributed by atoms with E-state index in [-0.39, 0.29) is 24.7 Å². The largest absolute Gasteiger partial charge is 0.494 e. The standard InChI is InChI=1S/C38H40N2O5/c41-24-7-25-44-34-22-16-31(17-23-34)36-40-38(26-27-8-3-1-4-9-27,37(43)39-32-18-20-33(42)21-19-32)35(45-36)30-14-12-29(13-15-30)28-10-5-2-6-11-28/h1-6,8-17,22-23,32-33,35,41-42H,7,18-21,24-26H2,(H,39,43)/t32?,33?,35-,38-/m1/s1. The molecule has 232 valence electrons. The SMILES string of the molecule is O=C(NC1CCC(O)CC1)[C@]1(Cc2ccccc2)N=C(c2ccc(OCCCO)cc2)O[C@@H]1c1ccc(-c2ccccc2)cc1. The molecule has 2 atom stereocenters. The van der Waals surface area contributed by atoms with Gasteiger partial charge in [0.05, 0.1) is 12.7 Å². The van der Waals surface area contributed by atoms with Crippen LogP contribution in [-0.4, -0.2) is 52.9 Å². The molecule has 4 aromatic carbocycles. The number of aliphatic hydroxyl groups excluding tert-OH is 2. The lowest BCUT2D eigenvalue weighted by molar-refractivity contribution is -0.130. The molecule has 45 heavy (non-hydrogen) atoms. The molecule has 1 fully saturated rings. The van der Waals surface area contributed by atoms with Crippen LogP contribution >= 0.6 is 0 Å². The van der Waals surface area contributed by atoms with Gasteiger partial charge in [-0.3, -0.25) is 4.79 Å². The molecule has 6 rings (SSSR count). The lowest BCUT2D eigenvalue weighted by Crippen LogP contribution is -2.53. The highest BCUT2D eigenvalue weighted by atomic mass is 16.5. The fourth-order valence-electron chi connectivity index (χ4n) is 6.20. The van der Waals surface area contributed by atoms with Crippen LogP contribution in [0, 0.1) is 0 Å². The zero-order valence-corrected chi connectivity index (χ0v) is 25.3. The number of carbonyl (C=O) groups is 1. The van der Waals surface area contributed by atoms with Crippen molar-refractivity contribution in [3.63, 3.8) is 0 Å². The van der Waals surface area contributed by atoms with E-state index in [1.54, 1.807) is 0 Å². The third-order valence-electron chi connectivity index (χ3n) is 8.70. The Morgan fingerprint density at radius 2 is 1.44 bits per heavy atom. The van der Waals surface area contributed by atoms with Crippen molar-refractivity contribution in [1.82, 2.24) is 5.32 Å². The second-order valence-corrected chi connectivity index (χ2v) is 11.9. The van der Waals surface area contributed by atoms with Crippen molar-refractivity contribution in [3.8, 4) is 16.9 Å². The van der Waals surface area contributed by atoms with Crippen molar-refractivity contribution in [1.29, 1.82) is 0 Å². The van der Waals surface area contributed by atoms with Crippen molar-refractivity contribution in [2.24, 2.45) is 4.99 Å². The van der Waals surface area contributed by atoms with Crippen molar-refractivity contribution in [2.75, 3.05) is 13.2 Å². The average molecular weight is 605 g/mol. The summed E-state index contributed by atoms with van der Waals surface area (Å²) in [6, 6.07) is 35.8. The maximum Gasteiger partial charge on any atom is 0.252 e. The van der Waals surface area contributed by atoms with Crippen molar-refractivity contribution < 1.29 is 24.5 Å². The first kappa shape index (κ1) is 30.6. The minimum absolute atomic E-state index is 0.0377. The van der Waals surface area contributed by atoms with Crippen LogP contribution in [0.3, 0.4) is 0 Å². The van der Waals surface area contributed by atoms with Gasteiger partial charge in [-0.25, -0.2) is 4.99 Å². The van der Waals surface area contributed by atoms with Gasteiger partial charge in [0.1, 0.15) is 5.75 Å². The van der Waals surface area contributed by atoms with Gasteiger partial charge < -0.3 is 25.0 Å². The van der Waals surface area contributed by atoms with Crippen LogP contribution in [0.5, 0.6) is 5.75 Å². The van der Waals surface area contributed by atoms with Gasteiger partial charge in [0.25, 0.3) is 5.91 Å². The van der Waals surface area contributed by atoms with Gasteiger partial charge in [0, 0.05) is 31.1 Å². The van der Waals surface area contributed by atoms with Crippen LogP contribution in [0.4, 0.5) is 0 Å². The Morgan fingerprint density at radius 1 is 0.822 bits per heavy atom. The van der Waals surface area contributed by atoms with Gasteiger partial charge in [-0.05, 0) is 72.2 Å². The number of nitrogens with zero attached hydrogens (tertiary/aromatic N) is 1. The fourth-order valence-corrected chi connectivity index (χ4v) is 6.20. The number of ether oxygens (including phenoxy) is 2. The molecular formula is C38H40N2O5. The molecule has 4 aromatic rings. The minimum Gasteiger partial charge on any atom is -0.494 e. The monoisotopic (exact) mass is 604 g/mol. The molecule has 7 heteroatoms. The van der Waals surface area contributed by atoms with Gasteiger partial charge in [-0.2, -0.15) is 0 Å². The topological polar surface area (TPSA) is 100 Å². The summed E-state index contributed by atoms with van der Waals surface area (Å²) in [6.45, 7) is 0.496. The third kappa shape index (κ3) is 7.11. The Bertz CT molecular complexity index is 1570. The van der Waals surface area contributed by atoms with E-state index in [2.05, 4.69) is 29.6 Å². The highest BCUT2D eigenvalue weighted by Gasteiger charge is 2.53. The number of amides is 1. The second-order valence-electron chi connectivity index (χ2n) is 11.9. The zero-order valence-electron chi connectivity index (χ0n) is 25.3. The molecule has 1 saturated carbocycles. The summed E-state index contributed by atoms with van der Waals surface area (Å²) in [6.07, 6.45) is 2.69. The van der Waals surface area contributed by atoms with Crippen LogP contribution < -0.4 is 10.1 Å². The van der Waals surface area contributed by atoms with Crippen molar-refractivity contribution in [2.45, 2.75) is 62.3 Å². The summed E-state index contributed by atoms with van der Waals surface area (Å²) in [5.41, 5.74) is 3.52. The highest BCUT2D eigenvalue weighted by molar-refractivity contribution is 6.01. The Labute approximate surface area is 264 Å². The number of rotatable bonds is 11. The molecule has 1 heterocycles. The molecule has 0 bridgehead atoms. The average Bonchev–Trinajstić information content (AvgIpc) is 3.47. The van der Waals surface area contributed by atoms with Crippen molar-refractivity contribution in [3.05, 3.63) is 126 Å². The number of carbonyl (C=O) groups excluding carboxylic acids is 1. The molecule has 0 saturated heterocycles. The summed E-state index contributed by atoms with van der Waals surface area (Å²) in [7, 11) is 0. The Hall–Kier alpha value is -4.46. The third-order valence-corrected chi connectivity index (χ3v) is 8.70. The number of aliphatic hydroxyl groups is 2. The maximum absolute atomic E-state index is 14.6. The first-order valence-corrected chi connectivity index (χ1v) is 15.8. The zero-order chi connectivity index (χ0) is 31.1. The van der Waals surface area contributed by atoms with Crippen LogP contribution in [0.25, 0.3) is 11.1 Å². The predicted molar refractivity (Wildman–Crippen MR) is 175 cm³/mol. The molecule has 1 aliphatic carbocycles. The van der Waals surface area contributed by atoms with Gasteiger partial charge in [-0.15, -0.1) is 0 Å². The van der Waals surface area contributed by atoms with Gasteiger partial charge in [0.2, 0.25) is 5.90 Å². The quantitative estimate of drug-likeness (QED) is 0.182. The summed E-state index contributed by atoms with van der Waals surface area (Å²) < 4.78 is 12.4. The molecule has 0 radical (unpaired) electrons. The summed E-state index contributed by atoms with van der Waals surface area (Å²) in [4.78, 5) is 19.7. The van der Waals surface area contributed by atoms with Crippen LogP contribution in [0.15, 0.2) is 114 Å². The van der Waals surface area contributed by atoms with E-state index in [1.165, 1.54) is 0 Å². The summed E-state index contributed by atoms with van der Waals surface area (Å²) in [5.74, 6) is 0.912. The fraction of sp³-hybridized carbons (Fsp3) is 0.316. The van der Waals surface area contributed by atoms with Gasteiger partial charge in [0.15, 0.2) is 11.6 Å². The predicted octanol–water partition coefficient (Wildman–Crippen LogP) is 6.03. The molecule has 2 aliphatic rings. The number of nitrogens with one attached hydrogen (secondary N) is 1. The van der Waals surface area contributed by atoms with E-state index < -0.39 is 11.6 Å². The number of aliphatic imine (C=N–C) groups is 1. The lowest BCUT2D eigenvalue weighted by atomic mass is 9.81. The number of hydrogen-bond donors (Lipinski definition) is 3. The molecule has 1 aliphatic heterocycles. The Morgan fingerprint density at radius 3 is 2.11 bits per heavy atom. The van der Waals surface area contributed by atoms with E-state index >= 15 is 0 Å². The van der Waals surface area contributed by atoms with E-state index in [0.717, 1.165) is 40.7 Å². The molecule has 7 nitrogen and oxygen atoms in total. The lowest BCUT2D eigenvalue weighted by Gasteiger charge is -2.34. The number of hydrogen-bond acceptors (Lipinski definition) is 6. The van der Waals surface area contributed by atoms with Crippen molar-refractivity contribution >= 4 is 11.8 Å². The van der Waals surface area contributed by atoms with Crippen LogP contribution in [-0.2, 0) is 16.0 Å². The second kappa shape index (κ2) is 14.1.